The minimum absolute atomic E-state index is 0.0382. The average molecular weight is 402 g/mol. The Labute approximate surface area is 165 Å². The predicted molar refractivity (Wildman–Crippen MR) is 106 cm³/mol. The lowest BCUT2D eigenvalue weighted by molar-refractivity contribution is -0.144. The largest absolute Gasteiger partial charge is 0.455 e. The number of benzene rings is 2. The van der Waals surface area contributed by atoms with Gasteiger partial charge in [-0.3, -0.25) is 14.6 Å². The zero-order chi connectivity index (χ0) is 19.2. The fraction of sp³-hybridized carbons (Fsp3) is 0.158. The molecule has 1 aromatic heterocycles. The number of para-hydroxylation sites is 2. The Kier molecular flexibility index (Phi) is 6.26. The minimum atomic E-state index is -0.507. The summed E-state index contributed by atoms with van der Waals surface area (Å²) in [5.74, 6) is -0.895. The fourth-order valence-electron chi connectivity index (χ4n) is 2.26. The van der Waals surface area contributed by atoms with Crippen molar-refractivity contribution in [3.05, 3.63) is 59.2 Å². The number of carbonyl (C=O) groups is 2. The van der Waals surface area contributed by atoms with E-state index in [2.05, 4.69) is 15.3 Å². The van der Waals surface area contributed by atoms with Gasteiger partial charge >= 0.3 is 5.97 Å². The number of halogens is 1. The molecule has 8 heteroatoms. The maximum Gasteiger partial charge on any atom is 0.316 e. The monoisotopic (exact) mass is 401 g/mol. The molecule has 0 fully saturated rings. The van der Waals surface area contributed by atoms with Gasteiger partial charge in [-0.1, -0.05) is 41.6 Å². The highest BCUT2D eigenvalue weighted by Crippen LogP contribution is 2.23. The van der Waals surface area contributed by atoms with E-state index in [0.29, 0.717) is 15.7 Å². The number of hydrogen-bond acceptors (Lipinski definition) is 6. The highest BCUT2D eigenvalue weighted by atomic mass is 35.5. The first kappa shape index (κ1) is 19.1. The van der Waals surface area contributed by atoms with Crippen molar-refractivity contribution < 1.29 is 14.3 Å². The standard InChI is InChI=1S/C19H16ClN3O3S/c1-12-13(20)5-4-8-14(12)22-17(24)10-26-19(25)11-27-18-9-21-15-6-2-3-7-16(15)23-18/h2-9H,10-11H2,1H3,(H,22,24). The quantitative estimate of drug-likeness (QED) is 0.499. The Morgan fingerprint density at radius 1 is 1.15 bits per heavy atom. The Bertz CT molecular complexity index is 997. The maximum atomic E-state index is 11.9. The zero-order valence-electron chi connectivity index (χ0n) is 14.4. The molecule has 0 aliphatic carbocycles. The number of rotatable bonds is 6. The number of anilines is 1. The van der Waals surface area contributed by atoms with Gasteiger partial charge in [0.2, 0.25) is 0 Å². The summed E-state index contributed by atoms with van der Waals surface area (Å²) >= 11 is 7.22. The van der Waals surface area contributed by atoms with E-state index in [0.717, 1.165) is 16.6 Å². The second-order valence-electron chi connectivity index (χ2n) is 5.61. The van der Waals surface area contributed by atoms with E-state index in [-0.39, 0.29) is 12.4 Å². The molecule has 3 rings (SSSR count). The lowest BCUT2D eigenvalue weighted by Crippen LogP contribution is -2.22. The van der Waals surface area contributed by atoms with E-state index in [1.165, 1.54) is 11.8 Å². The van der Waals surface area contributed by atoms with Crippen molar-refractivity contribution in [2.24, 2.45) is 0 Å². The summed E-state index contributed by atoms with van der Waals surface area (Å²) in [5, 5.41) is 3.84. The molecule has 0 saturated heterocycles. The molecule has 0 aliphatic rings. The molecule has 3 aromatic rings. The minimum Gasteiger partial charge on any atom is -0.455 e. The third kappa shape index (κ3) is 5.18. The van der Waals surface area contributed by atoms with Gasteiger partial charge in [-0.15, -0.1) is 0 Å². The van der Waals surface area contributed by atoms with Gasteiger partial charge in [0.05, 0.1) is 23.0 Å². The first-order valence-corrected chi connectivity index (χ1v) is 9.44. The molecule has 1 N–H and O–H groups in total. The van der Waals surface area contributed by atoms with Gasteiger partial charge in [0.25, 0.3) is 5.91 Å². The van der Waals surface area contributed by atoms with Crippen LogP contribution in [-0.2, 0) is 14.3 Å². The molecule has 1 amide bonds. The average Bonchev–Trinajstić information content (AvgIpc) is 2.68. The van der Waals surface area contributed by atoms with Crippen LogP contribution in [0.15, 0.2) is 53.7 Å². The summed E-state index contributed by atoms with van der Waals surface area (Å²) in [6, 6.07) is 12.7. The summed E-state index contributed by atoms with van der Waals surface area (Å²) < 4.78 is 5.00. The van der Waals surface area contributed by atoms with Crippen molar-refractivity contribution in [3.8, 4) is 0 Å². The smallest absolute Gasteiger partial charge is 0.316 e. The van der Waals surface area contributed by atoms with E-state index in [4.69, 9.17) is 16.3 Å². The number of aromatic nitrogens is 2. The third-order valence-corrected chi connectivity index (χ3v) is 4.95. The molecule has 0 bridgehead atoms. The Balaban J connectivity index is 1.47. The van der Waals surface area contributed by atoms with Crippen molar-refractivity contribution >= 4 is 52.0 Å². The van der Waals surface area contributed by atoms with E-state index < -0.39 is 11.9 Å². The van der Waals surface area contributed by atoms with Crippen LogP contribution in [0.25, 0.3) is 11.0 Å². The van der Waals surface area contributed by atoms with Crippen molar-refractivity contribution in [1.82, 2.24) is 9.97 Å². The van der Waals surface area contributed by atoms with Crippen LogP contribution in [0.4, 0.5) is 5.69 Å². The van der Waals surface area contributed by atoms with Crippen LogP contribution in [0.2, 0.25) is 5.02 Å². The molecule has 2 aromatic carbocycles. The fourth-order valence-corrected chi connectivity index (χ4v) is 3.07. The number of hydrogen-bond donors (Lipinski definition) is 1. The first-order chi connectivity index (χ1) is 13.0. The van der Waals surface area contributed by atoms with Gasteiger partial charge in [-0.2, -0.15) is 0 Å². The second-order valence-corrected chi connectivity index (χ2v) is 7.01. The molecule has 6 nitrogen and oxygen atoms in total. The first-order valence-electron chi connectivity index (χ1n) is 8.08. The molecule has 0 aliphatic heterocycles. The third-order valence-electron chi connectivity index (χ3n) is 3.67. The van der Waals surface area contributed by atoms with E-state index in [9.17, 15) is 9.59 Å². The number of carbonyl (C=O) groups excluding carboxylic acids is 2. The van der Waals surface area contributed by atoms with Crippen LogP contribution in [-0.4, -0.2) is 34.2 Å². The number of esters is 1. The number of nitrogens with zero attached hydrogens (tertiary/aromatic N) is 2. The molecule has 0 atom stereocenters. The maximum absolute atomic E-state index is 11.9. The second kappa shape index (κ2) is 8.83. The number of thioether (sulfide) groups is 1. The summed E-state index contributed by atoms with van der Waals surface area (Å²) in [7, 11) is 0. The van der Waals surface area contributed by atoms with E-state index in [1.54, 1.807) is 31.3 Å². The SMILES string of the molecule is Cc1c(Cl)cccc1NC(=O)COC(=O)CSc1cnc2ccccc2n1. The summed E-state index contributed by atoms with van der Waals surface area (Å²) in [6.45, 7) is 1.43. The van der Waals surface area contributed by atoms with E-state index >= 15 is 0 Å². The number of fused-ring (bicyclic) bond motifs is 1. The molecule has 0 radical (unpaired) electrons. The van der Waals surface area contributed by atoms with Crippen LogP contribution in [0.5, 0.6) is 0 Å². The highest BCUT2D eigenvalue weighted by Gasteiger charge is 2.11. The summed E-state index contributed by atoms with van der Waals surface area (Å²) in [5.41, 5.74) is 2.89. The van der Waals surface area contributed by atoms with Crippen LogP contribution in [0, 0.1) is 6.92 Å². The van der Waals surface area contributed by atoms with Gasteiger partial charge in [-0.25, -0.2) is 4.98 Å². The summed E-state index contributed by atoms with van der Waals surface area (Å²) in [4.78, 5) is 32.5. The number of nitrogens with one attached hydrogen (secondary N) is 1. The Morgan fingerprint density at radius 2 is 1.93 bits per heavy atom. The molecule has 1 heterocycles. The molecule has 138 valence electrons. The molecule has 0 spiro atoms. The van der Waals surface area contributed by atoms with Crippen LogP contribution in [0.3, 0.4) is 0 Å². The van der Waals surface area contributed by atoms with Gasteiger partial charge < -0.3 is 10.1 Å². The van der Waals surface area contributed by atoms with Gasteiger partial charge in [-0.05, 0) is 36.8 Å². The Hall–Kier alpha value is -2.64. The number of amides is 1. The van der Waals surface area contributed by atoms with Crippen LogP contribution < -0.4 is 5.32 Å². The highest BCUT2D eigenvalue weighted by molar-refractivity contribution is 7.99. The molecule has 0 saturated carbocycles. The lowest BCUT2D eigenvalue weighted by atomic mass is 10.2. The van der Waals surface area contributed by atoms with Crippen LogP contribution >= 0.6 is 23.4 Å². The zero-order valence-corrected chi connectivity index (χ0v) is 16.0. The normalized spacial score (nSPS) is 10.6. The summed E-state index contributed by atoms with van der Waals surface area (Å²) in [6.07, 6.45) is 1.61. The topological polar surface area (TPSA) is 81.2 Å². The Morgan fingerprint density at radius 3 is 2.74 bits per heavy atom. The number of ether oxygens (including phenoxy) is 1. The van der Waals surface area contributed by atoms with Gasteiger partial charge in [0.15, 0.2) is 6.61 Å². The van der Waals surface area contributed by atoms with Crippen molar-refractivity contribution in [3.63, 3.8) is 0 Å². The van der Waals surface area contributed by atoms with Gasteiger partial charge in [0, 0.05) is 10.7 Å². The molecular formula is C19H16ClN3O3S. The van der Waals surface area contributed by atoms with E-state index in [1.807, 2.05) is 24.3 Å². The van der Waals surface area contributed by atoms with Crippen LogP contribution in [0.1, 0.15) is 5.56 Å². The van der Waals surface area contributed by atoms with Gasteiger partial charge in [0.1, 0.15) is 5.03 Å². The van der Waals surface area contributed by atoms with Crippen molar-refractivity contribution in [2.45, 2.75) is 11.9 Å². The van der Waals surface area contributed by atoms with Crippen molar-refractivity contribution in [1.29, 1.82) is 0 Å². The lowest BCUT2D eigenvalue weighted by Gasteiger charge is -2.09. The van der Waals surface area contributed by atoms with Crippen molar-refractivity contribution in [2.75, 3.05) is 17.7 Å². The predicted octanol–water partition coefficient (Wildman–Crippen LogP) is 3.87. The molecular weight excluding hydrogens is 386 g/mol. The molecule has 27 heavy (non-hydrogen) atoms. The molecule has 0 unspecified atom stereocenters.